The van der Waals surface area contributed by atoms with Crippen LogP contribution >= 0.6 is 0 Å². The van der Waals surface area contributed by atoms with Crippen LogP contribution in [0.3, 0.4) is 0 Å². The molecule has 0 fully saturated rings. The average Bonchev–Trinajstić information content (AvgIpc) is 0.811. The van der Waals surface area contributed by atoms with Crippen LogP contribution in [0.15, 0.2) is 0 Å². The van der Waals surface area contributed by atoms with Crippen molar-refractivity contribution in [1.82, 2.24) is 0 Å². The molecular weight excluding hydrogens is 155 g/mol. The first kappa shape index (κ1) is 8.92. The van der Waals surface area contributed by atoms with Crippen LogP contribution in [-0.4, -0.2) is 5.91 Å². The van der Waals surface area contributed by atoms with Crippen LogP contribution in [0, 0.1) is 0 Å². The van der Waals surface area contributed by atoms with Crippen LogP contribution in [0.25, 0.3) is 0 Å². The Balaban J connectivity index is 0. The zero-order valence-corrected chi connectivity index (χ0v) is 4.58. The van der Waals surface area contributed by atoms with Gasteiger partial charge in [0, 0.05) is 26.4 Å². The number of amides is 1. The quantitative estimate of drug-likeness (QED) is 0.476. The number of hydrogen-bond acceptors (Lipinski definition) is 1. The van der Waals surface area contributed by atoms with Gasteiger partial charge in [-0.2, -0.15) is 0 Å². The van der Waals surface area contributed by atoms with Crippen molar-refractivity contribution < 1.29 is 24.3 Å². The Morgan fingerprint density at radius 1 is 1.80 bits per heavy atom. The van der Waals surface area contributed by atoms with Gasteiger partial charge in [-0.05, 0) is 0 Å². The van der Waals surface area contributed by atoms with Gasteiger partial charge in [0.25, 0.3) is 0 Å². The Morgan fingerprint density at radius 3 is 1.80 bits per heavy atom. The van der Waals surface area contributed by atoms with E-state index in [4.69, 9.17) is 0 Å². The summed E-state index contributed by atoms with van der Waals surface area (Å²) in [5.41, 5.74) is 4.47. The van der Waals surface area contributed by atoms with Gasteiger partial charge in [0.2, 0.25) is 5.91 Å². The minimum atomic E-state index is -0.333. The van der Waals surface area contributed by atoms with Gasteiger partial charge in [-0.3, -0.25) is 4.79 Å². The van der Waals surface area contributed by atoms with Crippen molar-refractivity contribution >= 4 is 5.91 Å². The van der Waals surface area contributed by atoms with E-state index in [-0.39, 0.29) is 25.4 Å². The average molecular weight is 160 g/mol. The summed E-state index contributed by atoms with van der Waals surface area (Å²) in [4.78, 5) is 9.22. The maximum atomic E-state index is 9.22. The van der Waals surface area contributed by atoms with Crippen molar-refractivity contribution in [2.75, 3.05) is 0 Å². The Kier molecular flexibility index (Phi) is 7.30. The SMILES string of the molecule is CC(N)=O.[Ru]. The van der Waals surface area contributed by atoms with Gasteiger partial charge in [-0.1, -0.05) is 0 Å². The molecule has 0 aliphatic rings. The van der Waals surface area contributed by atoms with Crippen molar-refractivity contribution in [3.05, 3.63) is 0 Å². The fourth-order valence-electron chi connectivity index (χ4n) is 0. The predicted molar refractivity (Wildman–Crippen MR) is 14.9 cm³/mol. The number of nitrogens with two attached hydrogens (primary N) is 1. The van der Waals surface area contributed by atoms with Gasteiger partial charge in [-0.25, -0.2) is 0 Å². The topological polar surface area (TPSA) is 43.1 Å². The minimum Gasteiger partial charge on any atom is -0.370 e. The summed E-state index contributed by atoms with van der Waals surface area (Å²) < 4.78 is 0. The number of carbonyl (C=O) groups excluding carboxylic acids is 1. The minimum absolute atomic E-state index is 0. The van der Waals surface area contributed by atoms with E-state index in [0.29, 0.717) is 0 Å². The van der Waals surface area contributed by atoms with E-state index in [1.54, 1.807) is 0 Å². The molecule has 2 N–H and O–H groups in total. The molecule has 0 rings (SSSR count). The summed E-state index contributed by atoms with van der Waals surface area (Å²) in [7, 11) is 0. The van der Waals surface area contributed by atoms with Crippen LogP contribution < -0.4 is 5.73 Å². The standard InChI is InChI=1S/C2H5NO.Ru/c1-2(3)4;/h1H3,(H2,3,4);. The van der Waals surface area contributed by atoms with Crippen LogP contribution in [0.2, 0.25) is 0 Å². The number of rotatable bonds is 0. The third kappa shape index (κ3) is 2060. The van der Waals surface area contributed by atoms with Crippen molar-refractivity contribution in [3.63, 3.8) is 0 Å². The van der Waals surface area contributed by atoms with E-state index in [0.717, 1.165) is 0 Å². The summed E-state index contributed by atoms with van der Waals surface area (Å²) in [5, 5.41) is 0. The fraction of sp³-hybridized carbons (Fsp3) is 0.500. The molecule has 0 unspecified atom stereocenters. The van der Waals surface area contributed by atoms with Crippen LogP contribution in [-0.2, 0) is 24.3 Å². The van der Waals surface area contributed by atoms with Gasteiger partial charge >= 0.3 is 0 Å². The number of primary amides is 1. The molecule has 3 heteroatoms. The van der Waals surface area contributed by atoms with E-state index in [2.05, 4.69) is 5.73 Å². The number of carbonyl (C=O) groups is 1. The van der Waals surface area contributed by atoms with E-state index in [1.165, 1.54) is 6.92 Å². The molecule has 0 aliphatic carbocycles. The molecule has 0 aromatic heterocycles. The molecule has 0 aromatic rings. The molecule has 32 valence electrons. The summed E-state index contributed by atoms with van der Waals surface area (Å²) in [6, 6.07) is 0. The Labute approximate surface area is 43.5 Å². The molecule has 0 radical (unpaired) electrons. The van der Waals surface area contributed by atoms with Crippen molar-refractivity contribution in [1.29, 1.82) is 0 Å². The van der Waals surface area contributed by atoms with Gasteiger partial charge in [-0.15, -0.1) is 0 Å². The van der Waals surface area contributed by atoms with Gasteiger partial charge < -0.3 is 5.73 Å². The summed E-state index contributed by atoms with van der Waals surface area (Å²) in [5.74, 6) is -0.333. The third-order valence-corrected chi connectivity index (χ3v) is 0. The Morgan fingerprint density at radius 2 is 1.80 bits per heavy atom. The smallest absolute Gasteiger partial charge is 0.214 e. The summed E-state index contributed by atoms with van der Waals surface area (Å²) in [6.07, 6.45) is 0. The second-order valence-corrected chi connectivity index (χ2v) is 0.611. The molecule has 0 saturated heterocycles. The molecule has 0 heterocycles. The molecule has 2 nitrogen and oxygen atoms in total. The van der Waals surface area contributed by atoms with Crippen LogP contribution in [0.1, 0.15) is 6.92 Å². The van der Waals surface area contributed by atoms with Crippen LogP contribution in [0.4, 0.5) is 0 Å². The van der Waals surface area contributed by atoms with Gasteiger partial charge in [0.1, 0.15) is 0 Å². The normalized spacial score (nSPS) is 5.00. The van der Waals surface area contributed by atoms with Crippen molar-refractivity contribution in [2.45, 2.75) is 6.92 Å². The monoisotopic (exact) mass is 161 g/mol. The van der Waals surface area contributed by atoms with Gasteiger partial charge in [0.15, 0.2) is 0 Å². The molecule has 0 spiro atoms. The first-order valence-electron chi connectivity index (χ1n) is 0.993. The Bertz CT molecular complexity index is 32.6. The van der Waals surface area contributed by atoms with E-state index < -0.39 is 0 Å². The first-order valence-corrected chi connectivity index (χ1v) is 0.993. The van der Waals surface area contributed by atoms with Crippen molar-refractivity contribution in [2.24, 2.45) is 5.73 Å². The zero-order chi connectivity index (χ0) is 3.58. The molecule has 1 amide bonds. The molecule has 0 atom stereocenters. The largest absolute Gasteiger partial charge is 0.370 e. The first-order chi connectivity index (χ1) is 1.73. The molecular formula is C2H5NORu. The van der Waals surface area contributed by atoms with Crippen LogP contribution in [0.5, 0.6) is 0 Å². The molecule has 0 bridgehead atoms. The molecule has 0 aliphatic heterocycles. The molecule has 0 saturated carbocycles. The number of hydrogen-bond donors (Lipinski definition) is 1. The maximum absolute atomic E-state index is 9.22. The van der Waals surface area contributed by atoms with Gasteiger partial charge in [0.05, 0.1) is 0 Å². The molecule has 0 aromatic carbocycles. The fourth-order valence-corrected chi connectivity index (χ4v) is 0. The third-order valence-electron chi connectivity index (χ3n) is 0. The van der Waals surface area contributed by atoms with E-state index in [9.17, 15) is 4.79 Å². The van der Waals surface area contributed by atoms with E-state index in [1.807, 2.05) is 0 Å². The maximum Gasteiger partial charge on any atom is 0.214 e. The second kappa shape index (κ2) is 4.09. The summed E-state index contributed by atoms with van der Waals surface area (Å²) in [6.45, 7) is 1.31. The second-order valence-electron chi connectivity index (χ2n) is 0.611. The zero-order valence-electron chi connectivity index (χ0n) is 2.84. The van der Waals surface area contributed by atoms with E-state index >= 15 is 0 Å². The summed E-state index contributed by atoms with van der Waals surface area (Å²) >= 11 is 0. The predicted octanol–water partition coefficient (Wildman–Crippen LogP) is -0.511. The Hall–Kier alpha value is 0.0934. The molecule has 5 heavy (non-hydrogen) atoms. The van der Waals surface area contributed by atoms with Crippen molar-refractivity contribution in [3.8, 4) is 0 Å².